The van der Waals surface area contributed by atoms with Crippen LogP contribution in [0.4, 0.5) is 0 Å². The first-order valence-electron chi connectivity index (χ1n) is 4.67. The van der Waals surface area contributed by atoms with Crippen LogP contribution in [0.2, 0.25) is 0 Å². The molecule has 5 nitrogen and oxygen atoms in total. The van der Waals surface area contributed by atoms with Crippen LogP contribution in [0.3, 0.4) is 0 Å². The largest absolute Gasteiger partial charge is 0.496 e. The lowest BCUT2D eigenvalue weighted by Gasteiger charge is -2.12. The van der Waals surface area contributed by atoms with Gasteiger partial charge in [-0.1, -0.05) is 0 Å². The van der Waals surface area contributed by atoms with Gasteiger partial charge in [-0.05, 0) is 18.2 Å². The summed E-state index contributed by atoms with van der Waals surface area (Å²) < 4.78 is 5.01. The molecule has 5 heteroatoms. The number of hydrogen-bond donors (Lipinski definition) is 1. The molecule has 0 fully saturated rings. The second kappa shape index (κ2) is 4.65. The van der Waals surface area contributed by atoms with E-state index < -0.39 is 5.91 Å². The van der Waals surface area contributed by atoms with E-state index in [0.29, 0.717) is 11.3 Å². The number of nitrogens with zero attached hydrogens (tertiary/aromatic N) is 1. The Morgan fingerprint density at radius 3 is 2.38 bits per heavy atom. The molecule has 0 unspecified atom stereocenters. The molecule has 0 radical (unpaired) electrons. The summed E-state index contributed by atoms with van der Waals surface area (Å²) >= 11 is 0. The Hall–Kier alpha value is -2.04. The van der Waals surface area contributed by atoms with Gasteiger partial charge in [0, 0.05) is 19.7 Å². The fourth-order valence-electron chi connectivity index (χ4n) is 1.29. The first-order valence-corrected chi connectivity index (χ1v) is 4.67. The first-order chi connectivity index (χ1) is 7.47. The zero-order chi connectivity index (χ0) is 12.3. The molecule has 0 saturated heterocycles. The minimum absolute atomic E-state index is 0.158. The van der Waals surface area contributed by atoms with Crippen molar-refractivity contribution in [3.05, 3.63) is 29.3 Å². The number of hydrogen-bond acceptors (Lipinski definition) is 3. The van der Waals surface area contributed by atoms with Crippen LogP contribution >= 0.6 is 0 Å². The summed E-state index contributed by atoms with van der Waals surface area (Å²) in [5.74, 6) is -0.435. The highest BCUT2D eigenvalue weighted by Crippen LogP contribution is 2.20. The number of nitrogens with two attached hydrogens (primary N) is 1. The number of carbonyl (C=O) groups is 2. The Morgan fingerprint density at radius 1 is 1.31 bits per heavy atom. The second-order valence-corrected chi connectivity index (χ2v) is 3.48. The predicted octanol–water partition coefficient (Wildman–Crippen LogP) is 0.496. The van der Waals surface area contributed by atoms with E-state index in [4.69, 9.17) is 10.5 Å². The zero-order valence-electron chi connectivity index (χ0n) is 9.48. The van der Waals surface area contributed by atoms with Gasteiger partial charge in [-0.25, -0.2) is 0 Å². The van der Waals surface area contributed by atoms with Gasteiger partial charge in [-0.15, -0.1) is 0 Å². The Kier molecular flexibility index (Phi) is 3.50. The number of primary amides is 1. The van der Waals surface area contributed by atoms with Gasteiger partial charge in [0.25, 0.3) is 11.8 Å². The van der Waals surface area contributed by atoms with Crippen LogP contribution in [0.25, 0.3) is 0 Å². The van der Waals surface area contributed by atoms with E-state index in [2.05, 4.69) is 0 Å². The molecule has 0 aliphatic rings. The van der Waals surface area contributed by atoms with Gasteiger partial charge in [-0.3, -0.25) is 9.59 Å². The maximum Gasteiger partial charge on any atom is 0.253 e. The highest BCUT2D eigenvalue weighted by atomic mass is 16.5. The Morgan fingerprint density at radius 2 is 1.94 bits per heavy atom. The van der Waals surface area contributed by atoms with Crippen LogP contribution in [0.15, 0.2) is 18.2 Å². The van der Waals surface area contributed by atoms with Crippen molar-refractivity contribution in [1.29, 1.82) is 0 Å². The van der Waals surface area contributed by atoms with Crippen LogP contribution in [-0.4, -0.2) is 37.9 Å². The SMILES string of the molecule is COc1cc(C(=O)N(C)C)ccc1C(N)=O. The number of ether oxygens (including phenoxy) is 1. The number of methoxy groups -OCH3 is 1. The normalized spacial score (nSPS) is 9.69. The molecule has 0 heterocycles. The highest BCUT2D eigenvalue weighted by molar-refractivity contribution is 5.99. The maximum atomic E-state index is 11.6. The van der Waals surface area contributed by atoms with Crippen LogP contribution in [0, 0.1) is 0 Å². The Bertz CT molecular complexity index is 427. The van der Waals surface area contributed by atoms with Gasteiger partial charge < -0.3 is 15.4 Å². The van der Waals surface area contributed by atoms with Crippen molar-refractivity contribution in [2.75, 3.05) is 21.2 Å². The lowest BCUT2D eigenvalue weighted by atomic mass is 10.1. The van der Waals surface area contributed by atoms with E-state index >= 15 is 0 Å². The average molecular weight is 222 g/mol. The van der Waals surface area contributed by atoms with Crippen LogP contribution in [0.5, 0.6) is 5.75 Å². The van der Waals surface area contributed by atoms with Gasteiger partial charge >= 0.3 is 0 Å². The molecule has 2 amide bonds. The third-order valence-corrected chi connectivity index (χ3v) is 2.12. The summed E-state index contributed by atoms with van der Waals surface area (Å²) in [7, 11) is 4.72. The molecule has 1 aromatic carbocycles. The molecule has 0 spiro atoms. The fraction of sp³-hybridized carbons (Fsp3) is 0.273. The van der Waals surface area contributed by atoms with E-state index in [1.807, 2.05) is 0 Å². The van der Waals surface area contributed by atoms with E-state index in [1.54, 1.807) is 20.2 Å². The van der Waals surface area contributed by atoms with E-state index in [-0.39, 0.29) is 11.5 Å². The first kappa shape index (κ1) is 12.0. The van der Waals surface area contributed by atoms with Gasteiger partial charge in [0.1, 0.15) is 5.75 Å². The lowest BCUT2D eigenvalue weighted by Crippen LogP contribution is -2.22. The standard InChI is InChI=1S/C11H14N2O3/c1-13(2)11(15)7-4-5-8(10(12)14)9(6-7)16-3/h4-6H,1-3H3,(H2,12,14). The zero-order valence-corrected chi connectivity index (χ0v) is 9.48. The maximum absolute atomic E-state index is 11.6. The summed E-state index contributed by atoms with van der Waals surface area (Å²) in [6.45, 7) is 0. The summed E-state index contributed by atoms with van der Waals surface area (Å²) in [6.07, 6.45) is 0. The molecule has 0 bridgehead atoms. The molecule has 0 aliphatic carbocycles. The number of amides is 2. The summed E-state index contributed by atoms with van der Waals surface area (Å²) in [4.78, 5) is 24.1. The molecule has 0 aliphatic heterocycles. The minimum Gasteiger partial charge on any atom is -0.496 e. The third kappa shape index (κ3) is 2.31. The van der Waals surface area contributed by atoms with Gasteiger partial charge in [-0.2, -0.15) is 0 Å². The van der Waals surface area contributed by atoms with Crippen molar-refractivity contribution in [2.45, 2.75) is 0 Å². The smallest absolute Gasteiger partial charge is 0.253 e. The van der Waals surface area contributed by atoms with Gasteiger partial charge in [0.05, 0.1) is 12.7 Å². The van der Waals surface area contributed by atoms with Crippen molar-refractivity contribution >= 4 is 11.8 Å². The Labute approximate surface area is 93.8 Å². The van der Waals surface area contributed by atoms with Gasteiger partial charge in [0.15, 0.2) is 0 Å². The molecule has 0 aromatic heterocycles. The molecule has 2 N–H and O–H groups in total. The molecule has 0 saturated carbocycles. The topological polar surface area (TPSA) is 72.6 Å². The minimum atomic E-state index is -0.583. The molecular formula is C11H14N2O3. The van der Waals surface area contributed by atoms with E-state index in [9.17, 15) is 9.59 Å². The molecule has 86 valence electrons. The highest BCUT2D eigenvalue weighted by Gasteiger charge is 2.14. The second-order valence-electron chi connectivity index (χ2n) is 3.48. The van der Waals surface area contributed by atoms with Crippen LogP contribution in [0.1, 0.15) is 20.7 Å². The van der Waals surface area contributed by atoms with Crippen molar-refractivity contribution in [2.24, 2.45) is 5.73 Å². The number of carbonyl (C=O) groups excluding carboxylic acids is 2. The molecular weight excluding hydrogens is 208 g/mol. The molecule has 16 heavy (non-hydrogen) atoms. The number of rotatable bonds is 3. The quantitative estimate of drug-likeness (QED) is 0.809. The van der Waals surface area contributed by atoms with Crippen molar-refractivity contribution in [1.82, 2.24) is 4.90 Å². The molecule has 1 aromatic rings. The molecule has 1 rings (SSSR count). The monoisotopic (exact) mass is 222 g/mol. The third-order valence-electron chi connectivity index (χ3n) is 2.12. The van der Waals surface area contributed by atoms with Crippen molar-refractivity contribution < 1.29 is 14.3 Å². The van der Waals surface area contributed by atoms with Crippen molar-refractivity contribution in [3.63, 3.8) is 0 Å². The molecule has 0 atom stereocenters. The predicted molar refractivity (Wildman–Crippen MR) is 59.5 cm³/mol. The summed E-state index contributed by atoms with van der Waals surface area (Å²) in [6, 6.07) is 4.53. The van der Waals surface area contributed by atoms with Crippen LogP contribution < -0.4 is 10.5 Å². The van der Waals surface area contributed by atoms with Gasteiger partial charge in [0.2, 0.25) is 0 Å². The van der Waals surface area contributed by atoms with Crippen LogP contribution in [-0.2, 0) is 0 Å². The average Bonchev–Trinajstić information content (AvgIpc) is 2.26. The summed E-state index contributed by atoms with van der Waals surface area (Å²) in [5, 5.41) is 0. The fourth-order valence-corrected chi connectivity index (χ4v) is 1.29. The summed E-state index contributed by atoms with van der Waals surface area (Å²) in [5.41, 5.74) is 5.87. The Balaban J connectivity index is 3.19. The lowest BCUT2D eigenvalue weighted by molar-refractivity contribution is 0.0826. The number of benzene rings is 1. The van der Waals surface area contributed by atoms with E-state index in [1.165, 1.54) is 24.1 Å². The van der Waals surface area contributed by atoms with Crippen molar-refractivity contribution in [3.8, 4) is 5.75 Å². The van der Waals surface area contributed by atoms with E-state index in [0.717, 1.165) is 0 Å².